The summed E-state index contributed by atoms with van der Waals surface area (Å²) in [7, 11) is 0. The predicted molar refractivity (Wildman–Crippen MR) is 102 cm³/mol. The van der Waals surface area contributed by atoms with Crippen LogP contribution >= 0.6 is 0 Å². The van der Waals surface area contributed by atoms with Gasteiger partial charge < -0.3 is 10.6 Å². The molecule has 9 nitrogen and oxygen atoms in total. The van der Waals surface area contributed by atoms with Crippen LogP contribution in [0.2, 0.25) is 0 Å². The van der Waals surface area contributed by atoms with Crippen molar-refractivity contribution in [1.82, 2.24) is 35.0 Å². The van der Waals surface area contributed by atoms with E-state index in [1.165, 1.54) is 6.33 Å². The smallest absolute Gasteiger partial charge is 0.251 e. The molecule has 0 fully saturated rings. The number of nitrogens with zero attached hydrogens (tertiary/aromatic N) is 6. The Morgan fingerprint density at radius 3 is 2.68 bits per heavy atom. The molecule has 28 heavy (non-hydrogen) atoms. The van der Waals surface area contributed by atoms with E-state index < -0.39 is 0 Å². The topological polar surface area (TPSA) is 111 Å². The Kier molecular flexibility index (Phi) is 4.96. The fourth-order valence-electron chi connectivity index (χ4n) is 2.50. The van der Waals surface area contributed by atoms with Gasteiger partial charge >= 0.3 is 0 Å². The summed E-state index contributed by atoms with van der Waals surface area (Å²) in [4.78, 5) is 28.9. The van der Waals surface area contributed by atoms with Crippen molar-refractivity contribution >= 4 is 17.5 Å². The number of pyridine rings is 1. The van der Waals surface area contributed by atoms with Gasteiger partial charge in [0.05, 0.1) is 0 Å². The van der Waals surface area contributed by atoms with Crippen LogP contribution in [-0.2, 0) is 6.54 Å². The SMILES string of the molecule is O=C(NCc1ccc(-n2cncn2)nc1)c1cccc(Nc2ncccn2)c1. The number of benzene rings is 1. The number of amides is 1. The first-order chi connectivity index (χ1) is 13.8. The second-order valence-corrected chi connectivity index (χ2v) is 5.83. The second-order valence-electron chi connectivity index (χ2n) is 5.83. The minimum absolute atomic E-state index is 0.182. The third-order valence-corrected chi connectivity index (χ3v) is 3.86. The van der Waals surface area contributed by atoms with E-state index in [0.717, 1.165) is 11.3 Å². The summed E-state index contributed by atoms with van der Waals surface area (Å²) < 4.78 is 1.57. The Bertz CT molecular complexity index is 1050. The van der Waals surface area contributed by atoms with Crippen LogP contribution in [0.1, 0.15) is 15.9 Å². The molecule has 0 unspecified atom stereocenters. The van der Waals surface area contributed by atoms with Crippen molar-refractivity contribution in [3.05, 3.63) is 84.8 Å². The Labute approximate surface area is 160 Å². The maximum atomic E-state index is 12.5. The Hall–Kier alpha value is -4.14. The molecule has 4 rings (SSSR count). The van der Waals surface area contributed by atoms with Crippen molar-refractivity contribution in [1.29, 1.82) is 0 Å². The molecule has 1 amide bonds. The van der Waals surface area contributed by atoms with Crippen molar-refractivity contribution in [3.8, 4) is 5.82 Å². The van der Waals surface area contributed by atoms with Gasteiger partial charge in [0.15, 0.2) is 5.82 Å². The van der Waals surface area contributed by atoms with Crippen LogP contribution < -0.4 is 10.6 Å². The highest BCUT2D eigenvalue weighted by Crippen LogP contribution is 2.14. The van der Waals surface area contributed by atoms with Crippen LogP contribution in [-0.4, -0.2) is 35.6 Å². The van der Waals surface area contributed by atoms with E-state index in [2.05, 4.69) is 35.7 Å². The number of carbonyl (C=O) groups excluding carboxylic acids is 1. The lowest BCUT2D eigenvalue weighted by atomic mass is 10.2. The first kappa shape index (κ1) is 17.3. The van der Waals surface area contributed by atoms with E-state index in [9.17, 15) is 4.79 Å². The van der Waals surface area contributed by atoms with E-state index in [-0.39, 0.29) is 5.91 Å². The maximum Gasteiger partial charge on any atom is 0.251 e. The molecule has 0 bridgehead atoms. The van der Waals surface area contributed by atoms with Crippen LogP contribution in [0.3, 0.4) is 0 Å². The average molecular weight is 372 g/mol. The minimum atomic E-state index is -0.182. The van der Waals surface area contributed by atoms with E-state index in [1.54, 1.807) is 53.9 Å². The lowest BCUT2D eigenvalue weighted by Gasteiger charge is -2.08. The molecule has 0 aliphatic rings. The monoisotopic (exact) mass is 372 g/mol. The lowest BCUT2D eigenvalue weighted by molar-refractivity contribution is 0.0951. The van der Waals surface area contributed by atoms with Gasteiger partial charge in [-0.15, -0.1) is 0 Å². The van der Waals surface area contributed by atoms with Gasteiger partial charge in [-0.05, 0) is 35.9 Å². The van der Waals surface area contributed by atoms with Crippen LogP contribution in [0.25, 0.3) is 5.82 Å². The number of nitrogens with one attached hydrogen (secondary N) is 2. The summed E-state index contributed by atoms with van der Waals surface area (Å²) in [6, 6.07) is 12.6. The van der Waals surface area contributed by atoms with E-state index in [1.807, 2.05) is 18.2 Å². The fourth-order valence-corrected chi connectivity index (χ4v) is 2.50. The summed E-state index contributed by atoms with van der Waals surface area (Å²) in [5.41, 5.74) is 2.15. The van der Waals surface area contributed by atoms with Gasteiger partial charge in [0.25, 0.3) is 5.91 Å². The quantitative estimate of drug-likeness (QED) is 0.533. The summed E-state index contributed by atoms with van der Waals surface area (Å²) in [6.07, 6.45) is 8.01. The third kappa shape index (κ3) is 4.15. The highest BCUT2D eigenvalue weighted by Gasteiger charge is 2.07. The van der Waals surface area contributed by atoms with Crippen LogP contribution in [0.15, 0.2) is 73.7 Å². The number of hydrogen-bond donors (Lipinski definition) is 2. The van der Waals surface area contributed by atoms with Gasteiger partial charge in [0.2, 0.25) is 5.95 Å². The fraction of sp³-hybridized carbons (Fsp3) is 0.0526. The van der Waals surface area contributed by atoms with Crippen molar-refractivity contribution in [3.63, 3.8) is 0 Å². The number of aromatic nitrogens is 6. The molecule has 3 heterocycles. The van der Waals surface area contributed by atoms with Crippen molar-refractivity contribution in [2.24, 2.45) is 0 Å². The van der Waals surface area contributed by atoms with Gasteiger partial charge in [-0.3, -0.25) is 4.79 Å². The normalized spacial score (nSPS) is 10.4. The predicted octanol–water partition coefficient (Wildman–Crippen LogP) is 2.13. The molecular weight excluding hydrogens is 356 g/mol. The van der Waals surface area contributed by atoms with Crippen LogP contribution in [0.5, 0.6) is 0 Å². The lowest BCUT2D eigenvalue weighted by Crippen LogP contribution is -2.23. The Balaban J connectivity index is 1.38. The van der Waals surface area contributed by atoms with Gasteiger partial charge in [0, 0.05) is 36.4 Å². The molecular formula is C19H16N8O. The largest absolute Gasteiger partial charge is 0.348 e. The van der Waals surface area contributed by atoms with E-state index in [4.69, 9.17) is 0 Å². The second kappa shape index (κ2) is 8.04. The standard InChI is InChI=1S/C19H16N8O/c28-18(15-3-1-4-16(9-15)26-19-21-7-2-8-22-19)24-11-14-5-6-17(23-10-14)27-13-20-12-25-27/h1-10,12-13H,11H2,(H,24,28)(H,21,22,26). The first-order valence-electron chi connectivity index (χ1n) is 8.50. The zero-order valence-corrected chi connectivity index (χ0v) is 14.7. The molecule has 0 spiro atoms. The Morgan fingerprint density at radius 1 is 1.04 bits per heavy atom. The summed E-state index contributed by atoms with van der Waals surface area (Å²) >= 11 is 0. The first-order valence-corrected chi connectivity index (χ1v) is 8.50. The van der Waals surface area contributed by atoms with Gasteiger partial charge in [0.1, 0.15) is 12.7 Å². The molecule has 0 saturated heterocycles. The average Bonchev–Trinajstić information content (AvgIpc) is 3.28. The molecule has 0 atom stereocenters. The molecule has 4 aromatic rings. The molecule has 2 N–H and O–H groups in total. The van der Waals surface area contributed by atoms with E-state index in [0.29, 0.717) is 23.9 Å². The number of hydrogen-bond acceptors (Lipinski definition) is 7. The van der Waals surface area contributed by atoms with Crippen molar-refractivity contribution in [2.45, 2.75) is 6.54 Å². The highest BCUT2D eigenvalue weighted by molar-refractivity contribution is 5.95. The maximum absolute atomic E-state index is 12.5. The summed E-state index contributed by atoms with van der Waals surface area (Å²) in [5, 5.41) is 9.98. The van der Waals surface area contributed by atoms with Crippen LogP contribution in [0, 0.1) is 0 Å². The van der Waals surface area contributed by atoms with Crippen LogP contribution in [0.4, 0.5) is 11.6 Å². The number of carbonyl (C=O) groups is 1. The van der Waals surface area contributed by atoms with E-state index >= 15 is 0 Å². The van der Waals surface area contributed by atoms with Gasteiger partial charge in [-0.25, -0.2) is 24.6 Å². The molecule has 138 valence electrons. The zero-order valence-electron chi connectivity index (χ0n) is 14.7. The molecule has 0 aliphatic heterocycles. The molecule has 0 saturated carbocycles. The minimum Gasteiger partial charge on any atom is -0.348 e. The molecule has 1 aromatic carbocycles. The molecule has 3 aromatic heterocycles. The molecule has 9 heteroatoms. The highest BCUT2D eigenvalue weighted by atomic mass is 16.1. The zero-order chi connectivity index (χ0) is 19.2. The Morgan fingerprint density at radius 2 is 1.93 bits per heavy atom. The summed E-state index contributed by atoms with van der Waals surface area (Å²) in [6.45, 7) is 0.364. The summed E-state index contributed by atoms with van der Waals surface area (Å²) in [5.74, 6) is 0.950. The van der Waals surface area contributed by atoms with Gasteiger partial charge in [-0.2, -0.15) is 5.10 Å². The molecule has 0 radical (unpaired) electrons. The third-order valence-electron chi connectivity index (χ3n) is 3.86. The number of rotatable bonds is 6. The van der Waals surface area contributed by atoms with Crippen molar-refractivity contribution < 1.29 is 4.79 Å². The number of anilines is 2. The van der Waals surface area contributed by atoms with Crippen molar-refractivity contribution in [2.75, 3.05) is 5.32 Å². The van der Waals surface area contributed by atoms with Gasteiger partial charge in [-0.1, -0.05) is 12.1 Å². The molecule has 0 aliphatic carbocycles.